The first-order chi connectivity index (χ1) is 7.25. The summed E-state index contributed by atoms with van der Waals surface area (Å²) < 4.78 is 0. The van der Waals surface area contributed by atoms with Crippen LogP contribution < -0.4 is 4.90 Å². The Balaban J connectivity index is 2.11. The van der Waals surface area contributed by atoms with Crippen molar-refractivity contribution < 1.29 is 0 Å². The third-order valence-electron chi connectivity index (χ3n) is 2.76. The highest BCUT2D eigenvalue weighted by Crippen LogP contribution is 2.18. The second-order valence-electron chi connectivity index (χ2n) is 4.66. The minimum atomic E-state index is 0.659. The first-order valence-electron chi connectivity index (χ1n) is 5.81. The molecule has 0 aliphatic carbocycles. The molecule has 0 saturated carbocycles. The molecule has 0 spiro atoms. The third-order valence-corrected chi connectivity index (χ3v) is 2.76. The van der Waals surface area contributed by atoms with Crippen LogP contribution in [0.4, 0.5) is 5.82 Å². The largest absolute Gasteiger partial charge is 0.357 e. The van der Waals surface area contributed by atoms with E-state index in [4.69, 9.17) is 0 Å². The number of hydrogen-bond acceptors (Lipinski definition) is 3. The molecule has 0 amide bonds. The molecular weight excluding hydrogens is 186 g/mol. The molecule has 0 radical (unpaired) electrons. The Morgan fingerprint density at radius 3 is 2.67 bits per heavy atom. The fourth-order valence-corrected chi connectivity index (χ4v) is 2.03. The van der Waals surface area contributed by atoms with Gasteiger partial charge in [-0.05, 0) is 25.2 Å². The van der Waals surface area contributed by atoms with Gasteiger partial charge in [0.1, 0.15) is 12.1 Å². The number of nitrogens with zero attached hydrogens (tertiary/aromatic N) is 3. The lowest BCUT2D eigenvalue weighted by Crippen LogP contribution is -2.19. The molecular formula is C12H19N3. The van der Waals surface area contributed by atoms with Gasteiger partial charge in [-0.2, -0.15) is 0 Å². The zero-order valence-electron chi connectivity index (χ0n) is 9.61. The van der Waals surface area contributed by atoms with Crippen molar-refractivity contribution in [2.45, 2.75) is 33.1 Å². The van der Waals surface area contributed by atoms with Crippen molar-refractivity contribution in [3.63, 3.8) is 0 Å². The highest BCUT2D eigenvalue weighted by atomic mass is 15.2. The van der Waals surface area contributed by atoms with Crippen LogP contribution in [0.25, 0.3) is 0 Å². The highest BCUT2D eigenvalue weighted by Gasteiger charge is 2.13. The number of anilines is 1. The summed E-state index contributed by atoms with van der Waals surface area (Å²) in [4.78, 5) is 11.0. The molecule has 0 bridgehead atoms. The van der Waals surface area contributed by atoms with Gasteiger partial charge in [0.25, 0.3) is 0 Å². The van der Waals surface area contributed by atoms with Gasteiger partial charge in [0.2, 0.25) is 0 Å². The first kappa shape index (κ1) is 10.4. The van der Waals surface area contributed by atoms with Crippen molar-refractivity contribution in [3.8, 4) is 0 Å². The summed E-state index contributed by atoms with van der Waals surface area (Å²) in [5.41, 5.74) is 1.17. The molecule has 1 aromatic heterocycles. The van der Waals surface area contributed by atoms with E-state index in [1.54, 1.807) is 6.33 Å². The Kier molecular flexibility index (Phi) is 3.19. The van der Waals surface area contributed by atoms with Crippen LogP contribution >= 0.6 is 0 Å². The Bertz CT molecular complexity index is 316. The highest BCUT2D eigenvalue weighted by molar-refractivity contribution is 5.39. The van der Waals surface area contributed by atoms with E-state index in [1.165, 1.54) is 18.5 Å². The summed E-state index contributed by atoms with van der Waals surface area (Å²) in [5.74, 6) is 1.77. The van der Waals surface area contributed by atoms with Gasteiger partial charge in [-0.15, -0.1) is 0 Å². The van der Waals surface area contributed by atoms with Crippen LogP contribution in [0.5, 0.6) is 0 Å². The van der Waals surface area contributed by atoms with Crippen LogP contribution in [0.1, 0.15) is 32.4 Å². The number of aromatic nitrogens is 2. The fraction of sp³-hybridized carbons (Fsp3) is 0.667. The summed E-state index contributed by atoms with van der Waals surface area (Å²) >= 11 is 0. The van der Waals surface area contributed by atoms with Gasteiger partial charge >= 0.3 is 0 Å². The quantitative estimate of drug-likeness (QED) is 0.758. The average molecular weight is 205 g/mol. The van der Waals surface area contributed by atoms with Gasteiger partial charge < -0.3 is 4.90 Å². The van der Waals surface area contributed by atoms with E-state index in [1.807, 2.05) is 0 Å². The number of rotatable bonds is 3. The molecule has 82 valence electrons. The van der Waals surface area contributed by atoms with Crippen molar-refractivity contribution in [2.24, 2.45) is 5.92 Å². The Morgan fingerprint density at radius 1 is 1.27 bits per heavy atom. The average Bonchev–Trinajstić information content (AvgIpc) is 2.69. The lowest BCUT2D eigenvalue weighted by atomic mass is 10.1. The summed E-state index contributed by atoms with van der Waals surface area (Å²) in [6.07, 6.45) is 5.34. The minimum Gasteiger partial charge on any atom is -0.357 e. The smallest absolute Gasteiger partial charge is 0.132 e. The van der Waals surface area contributed by atoms with Gasteiger partial charge in [-0.25, -0.2) is 9.97 Å². The lowest BCUT2D eigenvalue weighted by molar-refractivity contribution is 0.633. The van der Waals surface area contributed by atoms with E-state index in [9.17, 15) is 0 Å². The zero-order valence-corrected chi connectivity index (χ0v) is 9.61. The molecule has 1 aromatic rings. The van der Waals surface area contributed by atoms with E-state index in [0.717, 1.165) is 25.3 Å². The predicted octanol–water partition coefficient (Wildman–Crippen LogP) is 2.28. The molecule has 3 heteroatoms. The molecule has 1 fully saturated rings. The van der Waals surface area contributed by atoms with Crippen LogP contribution in [-0.4, -0.2) is 23.1 Å². The predicted molar refractivity (Wildman–Crippen MR) is 62.0 cm³/mol. The Hall–Kier alpha value is -1.12. The summed E-state index contributed by atoms with van der Waals surface area (Å²) in [6.45, 7) is 6.74. The molecule has 1 aliphatic rings. The standard InChI is InChI=1S/C12H19N3/c1-10(2)7-11-8-12(14-9-13-11)15-5-3-4-6-15/h8-10H,3-7H2,1-2H3. The fourth-order valence-electron chi connectivity index (χ4n) is 2.03. The monoisotopic (exact) mass is 205 g/mol. The second kappa shape index (κ2) is 4.60. The molecule has 3 nitrogen and oxygen atoms in total. The molecule has 1 aliphatic heterocycles. The van der Waals surface area contributed by atoms with Crippen LogP contribution in [0, 0.1) is 5.92 Å². The second-order valence-corrected chi connectivity index (χ2v) is 4.66. The Labute approximate surface area is 91.5 Å². The van der Waals surface area contributed by atoms with Crippen LogP contribution in [0.15, 0.2) is 12.4 Å². The lowest BCUT2D eigenvalue weighted by Gasteiger charge is -2.16. The van der Waals surface area contributed by atoms with Gasteiger partial charge in [0, 0.05) is 24.8 Å². The van der Waals surface area contributed by atoms with Crippen LogP contribution in [0.3, 0.4) is 0 Å². The van der Waals surface area contributed by atoms with E-state index < -0.39 is 0 Å². The minimum absolute atomic E-state index is 0.659. The van der Waals surface area contributed by atoms with Gasteiger partial charge in [0.05, 0.1) is 0 Å². The van der Waals surface area contributed by atoms with E-state index in [0.29, 0.717) is 5.92 Å². The zero-order chi connectivity index (χ0) is 10.7. The molecule has 0 atom stereocenters. The molecule has 1 saturated heterocycles. The number of hydrogen-bond donors (Lipinski definition) is 0. The van der Waals surface area contributed by atoms with Crippen molar-refractivity contribution in [1.29, 1.82) is 0 Å². The molecule has 15 heavy (non-hydrogen) atoms. The summed E-state index contributed by atoms with van der Waals surface area (Å²) in [7, 11) is 0. The van der Waals surface area contributed by atoms with Crippen molar-refractivity contribution in [2.75, 3.05) is 18.0 Å². The normalized spacial score (nSPS) is 16.3. The van der Waals surface area contributed by atoms with Crippen LogP contribution in [-0.2, 0) is 6.42 Å². The molecule has 2 rings (SSSR count). The topological polar surface area (TPSA) is 29.0 Å². The van der Waals surface area contributed by atoms with E-state index >= 15 is 0 Å². The van der Waals surface area contributed by atoms with Gasteiger partial charge in [-0.3, -0.25) is 0 Å². The molecule has 0 aromatic carbocycles. The summed E-state index contributed by atoms with van der Waals surface area (Å²) in [6, 6.07) is 2.14. The maximum Gasteiger partial charge on any atom is 0.132 e. The van der Waals surface area contributed by atoms with Gasteiger partial charge in [0.15, 0.2) is 0 Å². The van der Waals surface area contributed by atoms with E-state index in [-0.39, 0.29) is 0 Å². The summed E-state index contributed by atoms with van der Waals surface area (Å²) in [5, 5.41) is 0. The Morgan fingerprint density at radius 2 is 2.00 bits per heavy atom. The van der Waals surface area contributed by atoms with Gasteiger partial charge in [-0.1, -0.05) is 13.8 Å². The third kappa shape index (κ3) is 2.67. The van der Waals surface area contributed by atoms with E-state index in [2.05, 4.69) is 34.8 Å². The first-order valence-corrected chi connectivity index (χ1v) is 5.81. The van der Waals surface area contributed by atoms with Crippen molar-refractivity contribution in [1.82, 2.24) is 9.97 Å². The van der Waals surface area contributed by atoms with Crippen LogP contribution in [0.2, 0.25) is 0 Å². The van der Waals surface area contributed by atoms with Crippen molar-refractivity contribution in [3.05, 3.63) is 18.1 Å². The maximum absolute atomic E-state index is 4.34. The van der Waals surface area contributed by atoms with Crippen molar-refractivity contribution >= 4 is 5.82 Å². The molecule has 0 unspecified atom stereocenters. The molecule has 0 N–H and O–H groups in total. The maximum atomic E-state index is 4.34. The molecule has 2 heterocycles. The SMILES string of the molecule is CC(C)Cc1cc(N2CCCC2)ncn1.